The predicted octanol–water partition coefficient (Wildman–Crippen LogP) is 2.27. The van der Waals surface area contributed by atoms with Crippen molar-refractivity contribution < 1.29 is 9.59 Å². The number of hydrogen-bond acceptors (Lipinski definition) is 1. The molecule has 0 saturated heterocycles. The summed E-state index contributed by atoms with van der Waals surface area (Å²) in [7, 11) is 6.73. The minimum atomic E-state index is -0.0203. The van der Waals surface area contributed by atoms with Crippen LogP contribution in [-0.2, 0) is 0 Å². The molecule has 0 unspecified atom stereocenters. The highest BCUT2D eigenvalue weighted by molar-refractivity contribution is 4.82. The summed E-state index contributed by atoms with van der Waals surface area (Å²) in [6.45, 7) is 3.44. The monoisotopic (exact) mass is 214 g/mol. The number of unbranched alkanes of at least 4 members (excludes halogenated alkanes) is 1. The fraction of sp³-hybridized carbons (Fsp3) is 1.00. The summed E-state index contributed by atoms with van der Waals surface area (Å²) in [4.78, 5) is 0. The average Bonchev–Trinajstić information content (AvgIpc) is 2.39. The zero-order valence-corrected chi connectivity index (χ0v) is 10.9. The summed E-state index contributed by atoms with van der Waals surface area (Å²) in [6, 6.07) is 0. The van der Waals surface area contributed by atoms with Crippen LogP contribution >= 0.6 is 0 Å². The number of quaternary nitrogens is 1. The highest BCUT2D eigenvalue weighted by Crippen LogP contribution is 2.35. The second-order valence-electron chi connectivity index (χ2n) is 6.28. The van der Waals surface area contributed by atoms with Crippen LogP contribution in [0.15, 0.2) is 0 Å². The van der Waals surface area contributed by atoms with Gasteiger partial charge in [0.2, 0.25) is 0 Å². The summed E-state index contributed by atoms with van der Waals surface area (Å²) in [5.74, 6) is 1.32. The van der Waals surface area contributed by atoms with E-state index in [1.54, 1.807) is 0 Å². The van der Waals surface area contributed by atoms with Gasteiger partial charge in [-0.1, -0.05) is 19.8 Å². The lowest BCUT2D eigenvalue weighted by Crippen LogP contribution is -2.38. The number of rotatable bonds is 5. The second-order valence-corrected chi connectivity index (χ2v) is 6.28. The van der Waals surface area contributed by atoms with E-state index < -0.39 is 0 Å². The van der Waals surface area contributed by atoms with Crippen molar-refractivity contribution >= 4 is 0 Å². The molecular formula is C13H28NO+. The maximum atomic E-state index is 9.98. The first-order chi connectivity index (χ1) is 6.92. The van der Waals surface area contributed by atoms with Gasteiger partial charge < -0.3 is 9.59 Å². The van der Waals surface area contributed by atoms with Crippen molar-refractivity contribution in [2.24, 2.45) is 11.8 Å². The standard InChI is InChI=1S/C13H28NO/c1-5-6-7-12-8-11(9-13(12)15)10-14(2,3)4/h11-13,15H,5-10H2,1-4H3/q+1/t11-,12+,13+/m0/s1. The molecule has 0 aromatic carbocycles. The Morgan fingerprint density at radius 1 is 1.20 bits per heavy atom. The smallest absolute Gasteiger partial charge is 0.0810 e. The lowest BCUT2D eigenvalue weighted by molar-refractivity contribution is -0.873. The molecule has 3 atom stereocenters. The highest BCUT2D eigenvalue weighted by atomic mass is 16.3. The number of nitrogens with zero attached hydrogens (tertiary/aromatic N) is 1. The third kappa shape index (κ3) is 4.52. The summed E-state index contributed by atoms with van der Waals surface area (Å²) < 4.78 is 1.03. The van der Waals surface area contributed by atoms with Crippen LogP contribution < -0.4 is 0 Å². The summed E-state index contributed by atoms with van der Waals surface area (Å²) in [5.41, 5.74) is 0. The molecule has 1 aliphatic carbocycles. The number of aliphatic hydroxyl groups is 1. The van der Waals surface area contributed by atoms with Crippen molar-refractivity contribution in [3.8, 4) is 0 Å². The number of hydrogen-bond donors (Lipinski definition) is 1. The molecule has 0 bridgehead atoms. The second kappa shape index (κ2) is 5.31. The molecule has 2 nitrogen and oxygen atoms in total. The van der Waals surface area contributed by atoms with Gasteiger partial charge in [-0.15, -0.1) is 0 Å². The van der Waals surface area contributed by atoms with Crippen LogP contribution in [-0.4, -0.2) is 43.4 Å². The molecule has 0 aliphatic heterocycles. The Kier molecular flexibility index (Phi) is 4.60. The molecular weight excluding hydrogens is 186 g/mol. The van der Waals surface area contributed by atoms with E-state index in [-0.39, 0.29) is 6.10 Å². The zero-order chi connectivity index (χ0) is 11.5. The van der Waals surface area contributed by atoms with Gasteiger partial charge in [0, 0.05) is 5.92 Å². The van der Waals surface area contributed by atoms with Gasteiger partial charge >= 0.3 is 0 Å². The fourth-order valence-electron chi connectivity index (χ4n) is 2.92. The Morgan fingerprint density at radius 2 is 1.87 bits per heavy atom. The Bertz CT molecular complexity index is 185. The van der Waals surface area contributed by atoms with Crippen LogP contribution in [0.2, 0.25) is 0 Å². The summed E-state index contributed by atoms with van der Waals surface area (Å²) in [6.07, 6.45) is 6.02. The van der Waals surface area contributed by atoms with Crippen LogP contribution in [0, 0.1) is 11.8 Å². The van der Waals surface area contributed by atoms with Gasteiger partial charge in [-0.05, 0) is 25.2 Å². The van der Waals surface area contributed by atoms with Gasteiger partial charge in [0.25, 0.3) is 0 Å². The largest absolute Gasteiger partial charge is 0.393 e. The van der Waals surface area contributed by atoms with Crippen LogP contribution in [0.3, 0.4) is 0 Å². The maximum Gasteiger partial charge on any atom is 0.0810 e. The average molecular weight is 214 g/mol. The van der Waals surface area contributed by atoms with Crippen LogP contribution in [0.25, 0.3) is 0 Å². The van der Waals surface area contributed by atoms with E-state index >= 15 is 0 Å². The molecule has 0 spiro atoms. The molecule has 1 aliphatic rings. The van der Waals surface area contributed by atoms with E-state index in [1.807, 2.05) is 0 Å². The molecule has 1 saturated carbocycles. The number of aliphatic hydroxyl groups excluding tert-OH is 1. The molecule has 15 heavy (non-hydrogen) atoms. The maximum absolute atomic E-state index is 9.98. The van der Waals surface area contributed by atoms with Crippen molar-refractivity contribution in [2.75, 3.05) is 27.7 Å². The highest BCUT2D eigenvalue weighted by Gasteiger charge is 2.34. The Morgan fingerprint density at radius 3 is 2.40 bits per heavy atom. The fourth-order valence-corrected chi connectivity index (χ4v) is 2.92. The van der Waals surface area contributed by atoms with Crippen LogP contribution in [0.4, 0.5) is 0 Å². The molecule has 1 rings (SSSR count). The first-order valence-electron chi connectivity index (χ1n) is 6.41. The summed E-state index contributed by atoms with van der Waals surface area (Å²) >= 11 is 0. The lowest BCUT2D eigenvalue weighted by Gasteiger charge is -2.27. The third-order valence-corrected chi connectivity index (χ3v) is 3.49. The van der Waals surface area contributed by atoms with E-state index in [9.17, 15) is 5.11 Å². The third-order valence-electron chi connectivity index (χ3n) is 3.49. The van der Waals surface area contributed by atoms with Gasteiger partial charge in [-0.2, -0.15) is 0 Å². The van der Waals surface area contributed by atoms with E-state index in [2.05, 4.69) is 28.1 Å². The van der Waals surface area contributed by atoms with E-state index in [0.29, 0.717) is 5.92 Å². The van der Waals surface area contributed by atoms with Crippen molar-refractivity contribution in [2.45, 2.75) is 45.1 Å². The lowest BCUT2D eigenvalue weighted by atomic mass is 9.97. The van der Waals surface area contributed by atoms with Crippen LogP contribution in [0.5, 0.6) is 0 Å². The molecule has 0 amide bonds. The van der Waals surface area contributed by atoms with Gasteiger partial charge in [0.1, 0.15) is 0 Å². The molecule has 1 N–H and O–H groups in total. The van der Waals surface area contributed by atoms with Crippen LogP contribution in [0.1, 0.15) is 39.0 Å². The minimum Gasteiger partial charge on any atom is -0.393 e. The van der Waals surface area contributed by atoms with E-state index in [4.69, 9.17) is 0 Å². The van der Waals surface area contributed by atoms with Gasteiger partial charge in [0.05, 0.1) is 33.8 Å². The van der Waals surface area contributed by atoms with Crippen molar-refractivity contribution in [3.05, 3.63) is 0 Å². The van der Waals surface area contributed by atoms with Crippen molar-refractivity contribution in [1.29, 1.82) is 0 Å². The van der Waals surface area contributed by atoms with E-state index in [1.165, 1.54) is 32.2 Å². The minimum absolute atomic E-state index is 0.0203. The van der Waals surface area contributed by atoms with E-state index in [0.717, 1.165) is 16.8 Å². The van der Waals surface area contributed by atoms with Crippen molar-refractivity contribution in [3.63, 3.8) is 0 Å². The van der Waals surface area contributed by atoms with Gasteiger partial charge in [-0.3, -0.25) is 0 Å². The Balaban J connectivity index is 2.35. The molecule has 0 heterocycles. The van der Waals surface area contributed by atoms with Gasteiger partial charge in [-0.25, -0.2) is 0 Å². The molecule has 0 aromatic rings. The molecule has 1 fully saturated rings. The molecule has 0 aromatic heterocycles. The normalized spacial score (nSPS) is 32.2. The summed E-state index contributed by atoms with van der Waals surface area (Å²) in [5, 5.41) is 9.98. The first kappa shape index (κ1) is 13.0. The van der Waals surface area contributed by atoms with Gasteiger partial charge in [0.15, 0.2) is 0 Å². The molecule has 90 valence electrons. The molecule has 0 radical (unpaired) electrons. The first-order valence-corrected chi connectivity index (χ1v) is 6.41. The quantitative estimate of drug-likeness (QED) is 0.696. The SMILES string of the molecule is CCCC[C@@H]1C[C@H](C[N+](C)(C)C)C[C@H]1O. The van der Waals surface area contributed by atoms with Crippen molar-refractivity contribution in [1.82, 2.24) is 0 Å². The predicted molar refractivity (Wildman–Crippen MR) is 64.6 cm³/mol. The Hall–Kier alpha value is -0.0800. The Labute approximate surface area is 94.9 Å². The molecule has 2 heteroatoms. The topological polar surface area (TPSA) is 20.2 Å². The zero-order valence-electron chi connectivity index (χ0n) is 10.9.